The summed E-state index contributed by atoms with van der Waals surface area (Å²) in [7, 11) is 0. The van der Waals surface area contributed by atoms with Crippen LogP contribution in [0.15, 0.2) is 48.8 Å². The second-order valence-electron chi connectivity index (χ2n) is 7.61. The van der Waals surface area contributed by atoms with E-state index < -0.39 is 0 Å². The van der Waals surface area contributed by atoms with E-state index >= 15 is 0 Å². The minimum absolute atomic E-state index is 0.714. The maximum Gasteiger partial charge on any atom is 0.0273 e. The summed E-state index contributed by atoms with van der Waals surface area (Å²) in [6.07, 6.45) is 12.3. The molecule has 1 aromatic heterocycles. The molecular weight excluding hydrogens is 292 g/mol. The molecule has 0 unspecified atom stereocenters. The Morgan fingerprint density at radius 2 is 1.54 bits per heavy atom. The summed E-state index contributed by atoms with van der Waals surface area (Å²) in [6, 6.07) is 13.4. The molecule has 0 spiro atoms. The molecule has 2 aliphatic rings. The van der Waals surface area contributed by atoms with Gasteiger partial charge in [0.25, 0.3) is 0 Å². The third-order valence-electron chi connectivity index (χ3n) is 5.89. The lowest BCUT2D eigenvalue weighted by Crippen LogP contribution is -2.37. The Labute approximate surface area is 145 Å². The zero-order chi connectivity index (χ0) is 16.2. The first-order chi connectivity index (χ1) is 11.9. The largest absolute Gasteiger partial charge is 0.302 e. The molecule has 1 saturated heterocycles. The molecule has 4 rings (SSSR count). The highest BCUT2D eigenvalue weighted by Crippen LogP contribution is 2.31. The zero-order valence-electron chi connectivity index (χ0n) is 14.5. The number of aromatic nitrogens is 1. The van der Waals surface area contributed by atoms with Crippen LogP contribution in [-0.2, 0) is 0 Å². The molecule has 2 heteroatoms. The molecule has 2 aromatic rings. The highest BCUT2D eigenvalue weighted by molar-refractivity contribution is 5.63. The van der Waals surface area contributed by atoms with E-state index in [2.05, 4.69) is 46.3 Å². The lowest BCUT2D eigenvalue weighted by Gasteiger charge is -2.34. The van der Waals surface area contributed by atoms with Gasteiger partial charge in [-0.2, -0.15) is 0 Å². The van der Waals surface area contributed by atoms with Crippen LogP contribution in [0.3, 0.4) is 0 Å². The van der Waals surface area contributed by atoms with Crippen LogP contribution in [0, 0.1) is 5.92 Å². The predicted molar refractivity (Wildman–Crippen MR) is 100 cm³/mol. The molecule has 1 aliphatic heterocycles. The Hall–Kier alpha value is -1.67. The number of hydrogen-bond donors (Lipinski definition) is 0. The minimum Gasteiger partial charge on any atom is -0.302 e. The Morgan fingerprint density at radius 1 is 0.833 bits per heavy atom. The SMILES string of the molecule is c1cc(-c2ccc([C@@H]3CCCN(CC4CCCC4)C3)cc2)ccn1. The van der Waals surface area contributed by atoms with E-state index in [1.165, 1.54) is 74.8 Å². The molecule has 2 nitrogen and oxygen atoms in total. The number of piperidine rings is 1. The monoisotopic (exact) mass is 320 g/mol. The van der Waals surface area contributed by atoms with E-state index in [4.69, 9.17) is 0 Å². The lowest BCUT2D eigenvalue weighted by atomic mass is 9.89. The molecule has 0 N–H and O–H groups in total. The second kappa shape index (κ2) is 7.48. The van der Waals surface area contributed by atoms with Gasteiger partial charge in [0, 0.05) is 25.5 Å². The number of pyridine rings is 1. The summed E-state index contributed by atoms with van der Waals surface area (Å²) >= 11 is 0. The molecule has 126 valence electrons. The number of rotatable bonds is 4. The fourth-order valence-corrected chi connectivity index (χ4v) is 4.54. The highest BCUT2D eigenvalue weighted by atomic mass is 15.1. The van der Waals surface area contributed by atoms with Crippen molar-refractivity contribution in [1.29, 1.82) is 0 Å². The van der Waals surface area contributed by atoms with Crippen molar-refractivity contribution in [3.05, 3.63) is 54.4 Å². The quantitative estimate of drug-likeness (QED) is 0.777. The second-order valence-corrected chi connectivity index (χ2v) is 7.61. The predicted octanol–water partition coefficient (Wildman–Crippen LogP) is 5.12. The first-order valence-corrected chi connectivity index (χ1v) is 9.61. The smallest absolute Gasteiger partial charge is 0.0273 e. The third-order valence-corrected chi connectivity index (χ3v) is 5.89. The number of hydrogen-bond acceptors (Lipinski definition) is 2. The van der Waals surface area contributed by atoms with Crippen LogP contribution < -0.4 is 0 Å². The van der Waals surface area contributed by atoms with E-state index in [1.54, 1.807) is 0 Å². The van der Waals surface area contributed by atoms with Gasteiger partial charge in [-0.05, 0) is 72.9 Å². The van der Waals surface area contributed by atoms with Crippen LogP contribution in [-0.4, -0.2) is 29.5 Å². The van der Waals surface area contributed by atoms with Gasteiger partial charge in [0.1, 0.15) is 0 Å². The number of nitrogens with zero attached hydrogens (tertiary/aromatic N) is 2. The topological polar surface area (TPSA) is 16.1 Å². The van der Waals surface area contributed by atoms with Crippen LogP contribution in [0.4, 0.5) is 0 Å². The van der Waals surface area contributed by atoms with E-state index in [-0.39, 0.29) is 0 Å². The van der Waals surface area contributed by atoms with Gasteiger partial charge in [0.15, 0.2) is 0 Å². The molecule has 1 aliphatic carbocycles. The summed E-state index contributed by atoms with van der Waals surface area (Å²) < 4.78 is 0. The number of likely N-dealkylation sites (tertiary alicyclic amines) is 1. The van der Waals surface area contributed by atoms with Gasteiger partial charge in [-0.25, -0.2) is 0 Å². The van der Waals surface area contributed by atoms with Gasteiger partial charge in [0.2, 0.25) is 0 Å². The van der Waals surface area contributed by atoms with E-state index in [0.717, 1.165) is 5.92 Å². The molecule has 24 heavy (non-hydrogen) atoms. The van der Waals surface area contributed by atoms with E-state index in [1.807, 2.05) is 12.4 Å². The fraction of sp³-hybridized carbons (Fsp3) is 0.500. The molecule has 1 aromatic carbocycles. The molecule has 1 atom stereocenters. The molecular formula is C22H28N2. The van der Waals surface area contributed by atoms with Gasteiger partial charge in [0.05, 0.1) is 0 Å². The van der Waals surface area contributed by atoms with Crippen molar-refractivity contribution >= 4 is 0 Å². The summed E-state index contributed by atoms with van der Waals surface area (Å²) in [5.41, 5.74) is 4.06. The zero-order valence-corrected chi connectivity index (χ0v) is 14.5. The summed E-state index contributed by atoms with van der Waals surface area (Å²) in [5, 5.41) is 0. The van der Waals surface area contributed by atoms with Crippen molar-refractivity contribution in [2.45, 2.75) is 44.4 Å². The van der Waals surface area contributed by atoms with Crippen LogP contribution in [0.1, 0.15) is 50.0 Å². The molecule has 2 heterocycles. The first kappa shape index (κ1) is 15.8. The Balaban J connectivity index is 1.41. The maximum absolute atomic E-state index is 4.11. The van der Waals surface area contributed by atoms with E-state index in [9.17, 15) is 0 Å². The number of benzene rings is 1. The average molecular weight is 320 g/mol. The minimum atomic E-state index is 0.714. The van der Waals surface area contributed by atoms with Gasteiger partial charge in [-0.1, -0.05) is 37.1 Å². The lowest BCUT2D eigenvalue weighted by molar-refractivity contribution is 0.179. The van der Waals surface area contributed by atoms with Crippen LogP contribution in [0.2, 0.25) is 0 Å². The van der Waals surface area contributed by atoms with Gasteiger partial charge < -0.3 is 4.90 Å². The summed E-state index contributed by atoms with van der Waals surface area (Å²) in [4.78, 5) is 6.84. The van der Waals surface area contributed by atoms with Crippen LogP contribution in [0.25, 0.3) is 11.1 Å². The fourth-order valence-electron chi connectivity index (χ4n) is 4.54. The van der Waals surface area contributed by atoms with E-state index in [0.29, 0.717) is 5.92 Å². The molecule has 0 bridgehead atoms. The van der Waals surface area contributed by atoms with Crippen molar-refractivity contribution in [2.75, 3.05) is 19.6 Å². The maximum atomic E-state index is 4.11. The Kier molecular flexibility index (Phi) is 4.94. The summed E-state index contributed by atoms with van der Waals surface area (Å²) in [5.74, 6) is 1.68. The molecule has 1 saturated carbocycles. The van der Waals surface area contributed by atoms with Crippen LogP contribution >= 0.6 is 0 Å². The average Bonchev–Trinajstić information content (AvgIpc) is 3.16. The normalized spacial score (nSPS) is 22.8. The van der Waals surface area contributed by atoms with Gasteiger partial charge in [-0.3, -0.25) is 4.98 Å². The summed E-state index contributed by atoms with van der Waals surface area (Å²) in [6.45, 7) is 3.90. The first-order valence-electron chi connectivity index (χ1n) is 9.61. The third kappa shape index (κ3) is 3.70. The van der Waals surface area contributed by atoms with Crippen molar-refractivity contribution in [3.8, 4) is 11.1 Å². The molecule has 0 amide bonds. The molecule has 0 radical (unpaired) electrons. The van der Waals surface area contributed by atoms with Crippen molar-refractivity contribution < 1.29 is 0 Å². The van der Waals surface area contributed by atoms with Crippen molar-refractivity contribution in [2.24, 2.45) is 5.92 Å². The van der Waals surface area contributed by atoms with Gasteiger partial charge in [-0.15, -0.1) is 0 Å². The highest BCUT2D eigenvalue weighted by Gasteiger charge is 2.24. The van der Waals surface area contributed by atoms with Crippen molar-refractivity contribution in [3.63, 3.8) is 0 Å². The van der Waals surface area contributed by atoms with Crippen LogP contribution in [0.5, 0.6) is 0 Å². The Bertz CT molecular complexity index is 629. The van der Waals surface area contributed by atoms with Gasteiger partial charge >= 0.3 is 0 Å². The standard InChI is InChI=1S/C22H28N2/c1-2-5-18(4-1)16-24-15-3-6-22(17-24)20-9-7-19(8-10-20)21-11-13-23-14-12-21/h7-14,18,22H,1-6,15-17H2/t22-/m1/s1. The van der Waals surface area contributed by atoms with Crippen molar-refractivity contribution in [1.82, 2.24) is 9.88 Å². The molecule has 2 fully saturated rings. The Morgan fingerprint density at radius 3 is 2.29 bits per heavy atom.